The summed E-state index contributed by atoms with van der Waals surface area (Å²) < 4.78 is 0. The molecule has 0 atom stereocenters. The topological polar surface area (TPSA) is 74.2 Å². The zero-order chi connectivity index (χ0) is 17.1. The molecule has 2 saturated heterocycles. The molecule has 0 unspecified atom stereocenters. The van der Waals surface area contributed by atoms with Gasteiger partial charge in [0.2, 0.25) is 5.91 Å². The van der Waals surface area contributed by atoms with Crippen LogP contribution in [0.1, 0.15) is 12.8 Å². The summed E-state index contributed by atoms with van der Waals surface area (Å²) in [5, 5.41) is 6.07. The van der Waals surface area contributed by atoms with Gasteiger partial charge in [0.25, 0.3) is 0 Å². The van der Waals surface area contributed by atoms with Crippen molar-refractivity contribution in [3.05, 3.63) is 23.8 Å². The Bertz CT molecular complexity index is 708. The van der Waals surface area contributed by atoms with E-state index in [0.29, 0.717) is 11.7 Å². The van der Waals surface area contributed by atoms with Gasteiger partial charge in [-0.2, -0.15) is 0 Å². The van der Waals surface area contributed by atoms with Crippen molar-refractivity contribution in [2.45, 2.75) is 12.8 Å². The van der Waals surface area contributed by atoms with E-state index in [1.165, 1.54) is 0 Å². The molecule has 2 aromatic heterocycles. The van der Waals surface area contributed by atoms with Crippen molar-refractivity contribution in [2.75, 3.05) is 44.2 Å². The molecule has 0 saturated carbocycles. The summed E-state index contributed by atoms with van der Waals surface area (Å²) in [7, 11) is 0. The van der Waals surface area contributed by atoms with Crippen LogP contribution in [0.3, 0.4) is 0 Å². The van der Waals surface area contributed by atoms with E-state index in [2.05, 4.69) is 25.2 Å². The lowest BCUT2D eigenvalue weighted by molar-refractivity contribution is -0.136. The van der Waals surface area contributed by atoms with Gasteiger partial charge in [0.05, 0.1) is 0 Å². The first kappa shape index (κ1) is 16.4. The Labute approximate surface area is 151 Å². The number of hydrogen-bond donors (Lipinski definition) is 1. The summed E-state index contributed by atoms with van der Waals surface area (Å²) in [6.45, 7) is 5.20. The zero-order valence-corrected chi connectivity index (χ0v) is 14.9. The van der Waals surface area contributed by atoms with E-state index < -0.39 is 0 Å². The minimum atomic E-state index is 0.148. The first-order chi connectivity index (χ1) is 12.3. The molecule has 132 valence electrons. The second-order valence-corrected chi connectivity index (χ2v) is 7.31. The van der Waals surface area contributed by atoms with E-state index >= 15 is 0 Å². The van der Waals surface area contributed by atoms with Gasteiger partial charge >= 0.3 is 0 Å². The molecule has 0 aromatic carbocycles. The Balaban J connectivity index is 1.38. The van der Waals surface area contributed by atoms with Gasteiger partial charge in [0.1, 0.15) is 5.82 Å². The number of piperidine rings is 1. The number of nitrogens with zero attached hydrogens (tertiary/aromatic N) is 5. The number of nitrogens with one attached hydrogen (secondary N) is 1. The number of hydrogen-bond acceptors (Lipinski definition) is 7. The van der Waals surface area contributed by atoms with Crippen molar-refractivity contribution < 1.29 is 4.79 Å². The average molecular weight is 358 g/mol. The average Bonchev–Trinajstić information content (AvgIpc) is 3.23. The van der Waals surface area contributed by atoms with Gasteiger partial charge in [-0.25, -0.2) is 15.0 Å². The molecule has 0 aliphatic carbocycles. The number of amides is 1. The molecule has 8 heteroatoms. The Morgan fingerprint density at radius 1 is 1.12 bits per heavy atom. The highest BCUT2D eigenvalue weighted by Crippen LogP contribution is 2.25. The second kappa shape index (κ2) is 7.45. The minimum absolute atomic E-state index is 0.148. The molecule has 4 heterocycles. The molecular weight excluding hydrogens is 336 g/mol. The molecule has 1 N–H and O–H groups in total. The van der Waals surface area contributed by atoms with Crippen molar-refractivity contribution in [1.29, 1.82) is 0 Å². The molecule has 0 bridgehead atoms. The van der Waals surface area contributed by atoms with Crippen LogP contribution in [-0.4, -0.2) is 65.0 Å². The summed E-state index contributed by atoms with van der Waals surface area (Å²) in [6, 6.07) is 1.94. The fourth-order valence-electron chi connectivity index (χ4n) is 3.46. The molecule has 2 aliphatic rings. The van der Waals surface area contributed by atoms with Crippen LogP contribution in [0, 0.1) is 5.92 Å². The Morgan fingerprint density at radius 2 is 1.92 bits per heavy atom. The largest absolute Gasteiger partial charge is 0.356 e. The van der Waals surface area contributed by atoms with E-state index in [1.807, 2.05) is 16.3 Å². The van der Waals surface area contributed by atoms with Crippen molar-refractivity contribution in [1.82, 2.24) is 25.2 Å². The maximum absolute atomic E-state index is 12.7. The van der Waals surface area contributed by atoms with Crippen molar-refractivity contribution in [3.8, 4) is 10.8 Å². The van der Waals surface area contributed by atoms with Gasteiger partial charge < -0.3 is 15.1 Å². The lowest BCUT2D eigenvalue weighted by Crippen LogP contribution is -2.50. The van der Waals surface area contributed by atoms with Gasteiger partial charge in [-0.15, -0.1) is 11.3 Å². The van der Waals surface area contributed by atoms with Gasteiger partial charge in [-0.1, -0.05) is 0 Å². The molecule has 4 rings (SSSR count). The van der Waals surface area contributed by atoms with Crippen LogP contribution in [0.4, 0.5) is 5.82 Å². The maximum Gasteiger partial charge on any atom is 0.225 e. The van der Waals surface area contributed by atoms with Crippen LogP contribution < -0.4 is 10.2 Å². The summed E-state index contributed by atoms with van der Waals surface area (Å²) in [6.07, 6.45) is 5.33. The standard InChI is InChI=1S/C17H22N6OS/c24-17(23-10-5-18-6-11-23)13-2-8-22(9-3-13)14-1-4-19-15(21-14)16-20-7-12-25-16/h1,4,7,12-13,18H,2-3,5-6,8-11H2. The molecule has 25 heavy (non-hydrogen) atoms. The van der Waals surface area contributed by atoms with Gasteiger partial charge in [-0.3, -0.25) is 4.79 Å². The van der Waals surface area contributed by atoms with E-state index in [9.17, 15) is 4.79 Å². The van der Waals surface area contributed by atoms with Gasteiger partial charge in [0, 0.05) is 63.0 Å². The van der Waals surface area contributed by atoms with Gasteiger partial charge in [0.15, 0.2) is 10.8 Å². The SMILES string of the molecule is O=C(C1CCN(c2ccnc(-c3nccs3)n2)CC1)N1CCNCC1. The molecule has 0 radical (unpaired) electrons. The molecule has 2 aromatic rings. The first-order valence-corrected chi connectivity index (χ1v) is 9.66. The fraction of sp³-hybridized carbons (Fsp3) is 0.529. The maximum atomic E-state index is 12.7. The smallest absolute Gasteiger partial charge is 0.225 e. The van der Waals surface area contributed by atoms with Crippen molar-refractivity contribution in [3.63, 3.8) is 0 Å². The molecule has 2 fully saturated rings. The van der Waals surface area contributed by atoms with Crippen molar-refractivity contribution >= 4 is 23.1 Å². The zero-order valence-electron chi connectivity index (χ0n) is 14.1. The monoisotopic (exact) mass is 358 g/mol. The Kier molecular flexibility index (Phi) is 4.89. The van der Waals surface area contributed by atoms with Crippen LogP contribution >= 0.6 is 11.3 Å². The summed E-state index contributed by atoms with van der Waals surface area (Å²) in [4.78, 5) is 30.2. The third kappa shape index (κ3) is 3.64. The predicted octanol–water partition coefficient (Wildman–Crippen LogP) is 1.25. The number of carbonyl (C=O) groups excluding carboxylic acids is 1. The predicted molar refractivity (Wildman–Crippen MR) is 97.5 cm³/mol. The Hall–Kier alpha value is -2.06. The highest BCUT2D eigenvalue weighted by Gasteiger charge is 2.29. The number of anilines is 1. The number of rotatable bonds is 3. The fourth-order valence-corrected chi connectivity index (χ4v) is 4.04. The summed E-state index contributed by atoms with van der Waals surface area (Å²) in [5.41, 5.74) is 0. The third-order valence-electron chi connectivity index (χ3n) is 4.86. The number of piperazine rings is 1. The summed E-state index contributed by atoms with van der Waals surface area (Å²) >= 11 is 1.54. The quantitative estimate of drug-likeness (QED) is 0.890. The molecule has 7 nitrogen and oxygen atoms in total. The highest BCUT2D eigenvalue weighted by atomic mass is 32.1. The number of carbonyl (C=O) groups is 1. The van der Waals surface area contributed by atoms with Crippen LogP contribution in [0.25, 0.3) is 10.8 Å². The van der Waals surface area contributed by atoms with Crippen LogP contribution in [0.5, 0.6) is 0 Å². The lowest BCUT2D eigenvalue weighted by Gasteiger charge is -2.36. The van der Waals surface area contributed by atoms with Gasteiger partial charge in [-0.05, 0) is 18.9 Å². The third-order valence-corrected chi connectivity index (χ3v) is 5.63. The Morgan fingerprint density at radius 3 is 2.64 bits per heavy atom. The molecular formula is C17H22N6OS. The van der Waals surface area contributed by atoms with E-state index in [1.54, 1.807) is 23.7 Å². The van der Waals surface area contributed by atoms with E-state index in [0.717, 1.165) is 62.9 Å². The normalized spacial score (nSPS) is 19.2. The van der Waals surface area contributed by atoms with Crippen molar-refractivity contribution in [2.24, 2.45) is 5.92 Å². The van der Waals surface area contributed by atoms with Crippen LogP contribution in [0.2, 0.25) is 0 Å². The molecule has 0 spiro atoms. The van der Waals surface area contributed by atoms with Crippen LogP contribution in [0.15, 0.2) is 23.8 Å². The van der Waals surface area contributed by atoms with E-state index in [-0.39, 0.29) is 5.92 Å². The molecule has 1 amide bonds. The first-order valence-electron chi connectivity index (χ1n) is 8.78. The summed E-state index contributed by atoms with van der Waals surface area (Å²) in [5.74, 6) is 2.07. The van der Waals surface area contributed by atoms with Crippen LogP contribution in [-0.2, 0) is 4.79 Å². The lowest BCUT2D eigenvalue weighted by atomic mass is 9.95. The number of aromatic nitrogens is 3. The minimum Gasteiger partial charge on any atom is -0.356 e. The van der Waals surface area contributed by atoms with E-state index in [4.69, 9.17) is 0 Å². The number of thiazole rings is 1. The second-order valence-electron chi connectivity index (χ2n) is 6.41. The highest BCUT2D eigenvalue weighted by molar-refractivity contribution is 7.13. The molecule has 2 aliphatic heterocycles.